The summed E-state index contributed by atoms with van der Waals surface area (Å²) in [6, 6.07) is 10.9. The molecule has 0 unspecified atom stereocenters. The fraction of sp³-hybridized carbons (Fsp3) is 0.250. The van der Waals surface area contributed by atoms with Crippen LogP contribution in [0.4, 0.5) is 14.5 Å². The monoisotopic (exact) mass is 293 g/mol. The van der Waals surface area contributed by atoms with Crippen molar-refractivity contribution in [2.75, 3.05) is 25.6 Å². The maximum Gasteiger partial charge on any atom is 0.131 e. The van der Waals surface area contributed by atoms with Gasteiger partial charge in [-0.15, -0.1) is 0 Å². The Balaban J connectivity index is 1.95. The summed E-state index contributed by atoms with van der Waals surface area (Å²) in [4.78, 5) is 0. The molecular weight excluding hydrogens is 276 g/mol. The van der Waals surface area contributed by atoms with Gasteiger partial charge in [-0.05, 0) is 18.2 Å². The first-order valence-electron chi connectivity index (χ1n) is 6.58. The van der Waals surface area contributed by atoms with Gasteiger partial charge in [0.05, 0.1) is 6.61 Å². The molecule has 112 valence electrons. The summed E-state index contributed by atoms with van der Waals surface area (Å²) in [5.74, 6) is -0.434. The Morgan fingerprint density at radius 2 is 1.90 bits per heavy atom. The Hall–Kier alpha value is -2.14. The highest BCUT2D eigenvalue weighted by molar-refractivity contribution is 5.48. The average molecular weight is 293 g/mol. The van der Waals surface area contributed by atoms with Gasteiger partial charge in [-0.2, -0.15) is 0 Å². The van der Waals surface area contributed by atoms with Crippen molar-refractivity contribution in [3.8, 4) is 5.75 Å². The fourth-order valence-corrected chi connectivity index (χ4v) is 1.80. The van der Waals surface area contributed by atoms with E-state index in [0.29, 0.717) is 24.5 Å². The van der Waals surface area contributed by atoms with Crippen molar-refractivity contribution in [1.82, 2.24) is 0 Å². The van der Waals surface area contributed by atoms with Crippen LogP contribution in [0.5, 0.6) is 5.75 Å². The maximum absolute atomic E-state index is 13.5. The van der Waals surface area contributed by atoms with Gasteiger partial charge < -0.3 is 14.8 Å². The smallest absolute Gasteiger partial charge is 0.131 e. The molecule has 0 spiro atoms. The number of ether oxygens (including phenoxy) is 2. The van der Waals surface area contributed by atoms with Gasteiger partial charge in [0.2, 0.25) is 0 Å². The van der Waals surface area contributed by atoms with Crippen molar-refractivity contribution in [2.24, 2.45) is 0 Å². The fourth-order valence-electron chi connectivity index (χ4n) is 1.80. The van der Waals surface area contributed by atoms with Gasteiger partial charge in [-0.3, -0.25) is 0 Å². The van der Waals surface area contributed by atoms with E-state index in [2.05, 4.69) is 5.32 Å². The summed E-state index contributed by atoms with van der Waals surface area (Å²) in [6.45, 7) is 1.25. The van der Waals surface area contributed by atoms with E-state index in [1.54, 1.807) is 7.11 Å². The molecule has 0 aliphatic carbocycles. The third-order valence-electron chi connectivity index (χ3n) is 2.89. The van der Waals surface area contributed by atoms with Gasteiger partial charge in [0.15, 0.2) is 0 Å². The van der Waals surface area contributed by atoms with E-state index in [9.17, 15) is 8.78 Å². The molecule has 2 aromatic rings. The molecule has 0 heterocycles. The summed E-state index contributed by atoms with van der Waals surface area (Å²) in [7, 11) is 1.61. The van der Waals surface area contributed by atoms with Crippen LogP contribution in [0.3, 0.4) is 0 Å². The summed E-state index contributed by atoms with van der Waals surface area (Å²) < 4.78 is 36.7. The Morgan fingerprint density at radius 3 is 2.67 bits per heavy atom. The lowest BCUT2D eigenvalue weighted by molar-refractivity contribution is 0.146. The second-order valence-corrected chi connectivity index (χ2v) is 4.46. The van der Waals surface area contributed by atoms with Gasteiger partial charge >= 0.3 is 0 Å². The van der Waals surface area contributed by atoms with Gasteiger partial charge in [0.1, 0.15) is 24.0 Å². The molecule has 0 radical (unpaired) electrons. The largest absolute Gasteiger partial charge is 0.491 e. The molecule has 5 heteroatoms. The summed E-state index contributed by atoms with van der Waals surface area (Å²) in [5, 5.41) is 3.08. The van der Waals surface area contributed by atoms with Gasteiger partial charge in [0, 0.05) is 37.0 Å². The van der Waals surface area contributed by atoms with Crippen molar-refractivity contribution < 1.29 is 18.3 Å². The highest BCUT2D eigenvalue weighted by Crippen LogP contribution is 2.19. The number of hydrogen-bond donors (Lipinski definition) is 1. The molecule has 0 aliphatic rings. The molecule has 0 aromatic heterocycles. The lowest BCUT2D eigenvalue weighted by Crippen LogP contribution is -2.05. The number of methoxy groups -OCH3 is 1. The first-order valence-corrected chi connectivity index (χ1v) is 6.58. The number of nitrogens with one attached hydrogen (secondary N) is 1. The van der Waals surface area contributed by atoms with Crippen molar-refractivity contribution in [1.29, 1.82) is 0 Å². The number of benzene rings is 2. The van der Waals surface area contributed by atoms with Crippen LogP contribution in [0.2, 0.25) is 0 Å². The van der Waals surface area contributed by atoms with E-state index in [1.807, 2.05) is 24.3 Å². The van der Waals surface area contributed by atoms with Crippen molar-refractivity contribution >= 4 is 5.69 Å². The SMILES string of the molecule is COCCOc1cccc(NCc2ccc(F)cc2F)c1. The third kappa shape index (κ3) is 4.72. The lowest BCUT2D eigenvalue weighted by Gasteiger charge is -2.10. The first kappa shape index (κ1) is 15.3. The Morgan fingerprint density at radius 1 is 1.05 bits per heavy atom. The van der Waals surface area contributed by atoms with E-state index < -0.39 is 11.6 Å². The zero-order valence-electron chi connectivity index (χ0n) is 11.7. The third-order valence-corrected chi connectivity index (χ3v) is 2.89. The van der Waals surface area contributed by atoms with E-state index in [0.717, 1.165) is 11.8 Å². The molecule has 0 amide bonds. The van der Waals surface area contributed by atoms with Crippen LogP contribution in [0, 0.1) is 11.6 Å². The predicted octanol–water partition coefficient (Wildman–Crippen LogP) is 3.60. The Kier molecular flexibility index (Phi) is 5.51. The number of halogens is 2. The normalized spacial score (nSPS) is 10.4. The van der Waals surface area contributed by atoms with E-state index in [-0.39, 0.29) is 6.54 Å². The van der Waals surface area contributed by atoms with Gasteiger partial charge in [-0.1, -0.05) is 12.1 Å². The van der Waals surface area contributed by atoms with Crippen molar-refractivity contribution in [3.05, 3.63) is 59.7 Å². The summed E-state index contributed by atoms with van der Waals surface area (Å²) in [6.07, 6.45) is 0. The number of rotatable bonds is 7. The molecular formula is C16H17F2NO2. The zero-order valence-corrected chi connectivity index (χ0v) is 11.7. The minimum atomic E-state index is -0.579. The summed E-state index contributed by atoms with van der Waals surface area (Å²) >= 11 is 0. The maximum atomic E-state index is 13.5. The highest BCUT2D eigenvalue weighted by Gasteiger charge is 2.04. The Bertz CT molecular complexity index is 590. The number of hydrogen-bond acceptors (Lipinski definition) is 3. The zero-order chi connectivity index (χ0) is 15.1. The molecule has 0 bridgehead atoms. The van der Waals surface area contributed by atoms with Crippen LogP contribution in [-0.4, -0.2) is 20.3 Å². The molecule has 21 heavy (non-hydrogen) atoms. The van der Waals surface area contributed by atoms with Crippen LogP contribution in [0.25, 0.3) is 0 Å². The first-order chi connectivity index (χ1) is 10.2. The average Bonchev–Trinajstić information content (AvgIpc) is 2.47. The predicted molar refractivity (Wildman–Crippen MR) is 77.5 cm³/mol. The topological polar surface area (TPSA) is 30.5 Å². The summed E-state index contributed by atoms with van der Waals surface area (Å²) in [5.41, 5.74) is 1.20. The van der Waals surface area contributed by atoms with E-state index in [4.69, 9.17) is 9.47 Å². The highest BCUT2D eigenvalue weighted by atomic mass is 19.1. The van der Waals surface area contributed by atoms with Crippen LogP contribution in [-0.2, 0) is 11.3 Å². The Labute approximate surface area is 122 Å². The lowest BCUT2D eigenvalue weighted by atomic mass is 10.2. The minimum Gasteiger partial charge on any atom is -0.491 e. The van der Waals surface area contributed by atoms with Gasteiger partial charge in [0.25, 0.3) is 0 Å². The molecule has 0 atom stereocenters. The van der Waals surface area contributed by atoms with E-state index >= 15 is 0 Å². The molecule has 1 N–H and O–H groups in total. The molecule has 0 saturated heterocycles. The van der Waals surface area contributed by atoms with Crippen LogP contribution >= 0.6 is 0 Å². The molecule has 2 aromatic carbocycles. The molecule has 0 fully saturated rings. The van der Waals surface area contributed by atoms with Crippen LogP contribution in [0.15, 0.2) is 42.5 Å². The number of anilines is 1. The van der Waals surface area contributed by atoms with Crippen molar-refractivity contribution in [2.45, 2.75) is 6.54 Å². The molecule has 0 aliphatic heterocycles. The second-order valence-electron chi connectivity index (χ2n) is 4.46. The molecule has 3 nitrogen and oxygen atoms in total. The second kappa shape index (κ2) is 7.59. The van der Waals surface area contributed by atoms with Crippen LogP contribution < -0.4 is 10.1 Å². The van der Waals surface area contributed by atoms with Gasteiger partial charge in [-0.25, -0.2) is 8.78 Å². The minimum absolute atomic E-state index is 0.271. The van der Waals surface area contributed by atoms with Crippen molar-refractivity contribution in [3.63, 3.8) is 0 Å². The van der Waals surface area contributed by atoms with E-state index in [1.165, 1.54) is 12.1 Å². The quantitative estimate of drug-likeness (QED) is 0.791. The molecule has 2 rings (SSSR count). The molecule has 0 saturated carbocycles. The standard InChI is InChI=1S/C16H17F2NO2/c1-20-7-8-21-15-4-2-3-14(10-15)19-11-12-5-6-13(17)9-16(12)18/h2-6,9-10,19H,7-8,11H2,1H3. The van der Waals surface area contributed by atoms with Crippen LogP contribution in [0.1, 0.15) is 5.56 Å².